The molecule has 6 heteroatoms. The summed E-state index contributed by atoms with van der Waals surface area (Å²) in [6.07, 6.45) is 4.37. The average molecular weight is 424 g/mol. The maximum atomic E-state index is 13.2. The van der Waals surface area contributed by atoms with E-state index in [0.717, 1.165) is 49.2 Å². The highest BCUT2D eigenvalue weighted by atomic mass is 16.5. The van der Waals surface area contributed by atoms with Gasteiger partial charge in [-0.05, 0) is 36.7 Å². The predicted octanol–water partition coefficient (Wildman–Crippen LogP) is 3.98. The van der Waals surface area contributed by atoms with Crippen molar-refractivity contribution < 1.29 is 14.3 Å². The third kappa shape index (κ3) is 4.59. The molecule has 1 aliphatic heterocycles. The van der Waals surface area contributed by atoms with Crippen molar-refractivity contribution in [2.45, 2.75) is 65.0 Å². The van der Waals surface area contributed by atoms with Crippen LogP contribution in [0.2, 0.25) is 0 Å². The molecule has 0 spiro atoms. The summed E-state index contributed by atoms with van der Waals surface area (Å²) >= 11 is 0. The third-order valence-corrected chi connectivity index (χ3v) is 6.52. The number of amides is 1. The molecule has 1 aromatic carbocycles. The standard InChI is InChI=1S/C25H33N3O3/c1-25(2)16-20-23(21(29)17-25)24(26-28(20)14-15-31-3)19-10-7-13-27(19)22(30)12-11-18-8-5-4-6-9-18/h4-6,8-9,19H,7,10-17H2,1-3H3/t19-/m1/s1. The van der Waals surface area contributed by atoms with E-state index in [1.807, 2.05) is 27.8 Å². The number of Topliss-reactive ketones (excluding diaryl/α,β-unsaturated/α-hetero) is 1. The highest BCUT2D eigenvalue weighted by Gasteiger charge is 2.41. The van der Waals surface area contributed by atoms with E-state index >= 15 is 0 Å². The number of methoxy groups -OCH3 is 1. The van der Waals surface area contributed by atoms with Crippen molar-refractivity contribution in [3.05, 3.63) is 52.8 Å². The first-order valence-corrected chi connectivity index (χ1v) is 11.3. The number of benzene rings is 1. The number of rotatable bonds is 7. The van der Waals surface area contributed by atoms with Gasteiger partial charge in [-0.2, -0.15) is 5.10 Å². The van der Waals surface area contributed by atoms with Crippen LogP contribution in [0.3, 0.4) is 0 Å². The van der Waals surface area contributed by atoms with Gasteiger partial charge in [0.25, 0.3) is 0 Å². The number of hydrogen-bond donors (Lipinski definition) is 0. The van der Waals surface area contributed by atoms with Gasteiger partial charge in [-0.25, -0.2) is 0 Å². The smallest absolute Gasteiger partial charge is 0.223 e. The number of carbonyl (C=O) groups is 2. The largest absolute Gasteiger partial charge is 0.383 e. The third-order valence-electron chi connectivity index (χ3n) is 6.52. The Hall–Kier alpha value is -2.47. The minimum atomic E-state index is -0.106. The molecule has 1 amide bonds. The van der Waals surface area contributed by atoms with E-state index in [2.05, 4.69) is 26.0 Å². The van der Waals surface area contributed by atoms with Crippen molar-refractivity contribution in [1.29, 1.82) is 0 Å². The van der Waals surface area contributed by atoms with Crippen molar-refractivity contribution >= 4 is 11.7 Å². The van der Waals surface area contributed by atoms with E-state index in [1.54, 1.807) is 7.11 Å². The second-order valence-electron chi connectivity index (χ2n) is 9.59. The lowest BCUT2D eigenvalue weighted by Gasteiger charge is -2.30. The van der Waals surface area contributed by atoms with Crippen LogP contribution in [0.1, 0.15) is 72.9 Å². The number of fused-ring (bicyclic) bond motifs is 1. The SMILES string of the molecule is COCCn1nc([C@H]2CCCN2C(=O)CCc2ccccc2)c2c1CC(C)(C)CC2=O. The van der Waals surface area contributed by atoms with Crippen LogP contribution in [0.15, 0.2) is 30.3 Å². The summed E-state index contributed by atoms with van der Waals surface area (Å²) in [7, 11) is 1.68. The molecule has 1 aromatic heterocycles. The van der Waals surface area contributed by atoms with Gasteiger partial charge in [0, 0.05) is 26.5 Å². The van der Waals surface area contributed by atoms with Crippen molar-refractivity contribution in [3.8, 4) is 0 Å². The number of hydrogen-bond acceptors (Lipinski definition) is 4. The predicted molar refractivity (Wildman–Crippen MR) is 119 cm³/mol. The van der Waals surface area contributed by atoms with Crippen LogP contribution in [0.4, 0.5) is 0 Å². The molecule has 1 aliphatic carbocycles. The lowest BCUT2D eigenvalue weighted by Crippen LogP contribution is -2.33. The molecule has 0 bridgehead atoms. The maximum Gasteiger partial charge on any atom is 0.223 e. The minimum absolute atomic E-state index is 0.0763. The second kappa shape index (κ2) is 8.95. The second-order valence-corrected chi connectivity index (χ2v) is 9.59. The van der Waals surface area contributed by atoms with E-state index in [4.69, 9.17) is 9.84 Å². The van der Waals surface area contributed by atoms with Crippen molar-refractivity contribution in [1.82, 2.24) is 14.7 Å². The quantitative estimate of drug-likeness (QED) is 0.676. The fraction of sp³-hybridized carbons (Fsp3) is 0.560. The number of aryl methyl sites for hydroxylation is 1. The van der Waals surface area contributed by atoms with Gasteiger partial charge in [-0.3, -0.25) is 14.3 Å². The Kier molecular flexibility index (Phi) is 6.28. The van der Waals surface area contributed by atoms with Crippen LogP contribution >= 0.6 is 0 Å². The van der Waals surface area contributed by atoms with Gasteiger partial charge in [-0.1, -0.05) is 44.2 Å². The molecule has 0 saturated carbocycles. The Morgan fingerprint density at radius 3 is 2.74 bits per heavy atom. The molecule has 4 rings (SSSR count). The normalized spacial score (nSPS) is 20.2. The molecule has 6 nitrogen and oxygen atoms in total. The summed E-state index contributed by atoms with van der Waals surface area (Å²) in [6, 6.07) is 10.0. The lowest BCUT2D eigenvalue weighted by atomic mass is 9.75. The van der Waals surface area contributed by atoms with Crippen LogP contribution < -0.4 is 0 Å². The average Bonchev–Trinajstić information content (AvgIpc) is 3.35. The number of nitrogens with zero attached hydrogens (tertiary/aromatic N) is 3. The molecule has 2 aromatic rings. The Bertz CT molecular complexity index is 948. The van der Waals surface area contributed by atoms with Crippen LogP contribution in [-0.4, -0.2) is 46.6 Å². The number of carbonyl (C=O) groups excluding carboxylic acids is 2. The first-order chi connectivity index (χ1) is 14.9. The van der Waals surface area contributed by atoms with Crippen molar-refractivity contribution in [2.24, 2.45) is 5.41 Å². The van der Waals surface area contributed by atoms with Gasteiger partial charge in [0.1, 0.15) is 0 Å². The number of ether oxygens (including phenoxy) is 1. The first kappa shape index (κ1) is 21.8. The van der Waals surface area contributed by atoms with Crippen molar-refractivity contribution in [2.75, 3.05) is 20.3 Å². The molecule has 1 atom stereocenters. The number of aromatic nitrogens is 2. The first-order valence-electron chi connectivity index (χ1n) is 11.3. The number of ketones is 1. The van der Waals surface area contributed by atoms with Crippen LogP contribution in [0, 0.1) is 5.41 Å². The fourth-order valence-electron chi connectivity index (χ4n) is 5.02. The molecule has 2 heterocycles. The molecule has 1 fully saturated rings. The van der Waals surface area contributed by atoms with E-state index < -0.39 is 0 Å². The van der Waals surface area contributed by atoms with Gasteiger partial charge in [0.2, 0.25) is 5.91 Å². The zero-order chi connectivity index (χ0) is 22.0. The summed E-state index contributed by atoms with van der Waals surface area (Å²) in [5.41, 5.74) is 3.68. The summed E-state index contributed by atoms with van der Waals surface area (Å²) in [5.74, 6) is 0.309. The van der Waals surface area contributed by atoms with Crippen molar-refractivity contribution in [3.63, 3.8) is 0 Å². The maximum absolute atomic E-state index is 13.2. The Morgan fingerprint density at radius 2 is 2.00 bits per heavy atom. The summed E-state index contributed by atoms with van der Waals surface area (Å²) in [6.45, 7) is 6.17. The van der Waals surface area contributed by atoms with E-state index in [9.17, 15) is 9.59 Å². The topological polar surface area (TPSA) is 64.4 Å². The van der Waals surface area contributed by atoms with E-state index in [-0.39, 0.29) is 23.1 Å². The molecule has 0 unspecified atom stereocenters. The van der Waals surface area contributed by atoms with Gasteiger partial charge < -0.3 is 9.64 Å². The zero-order valence-corrected chi connectivity index (χ0v) is 18.9. The molecule has 0 N–H and O–H groups in total. The molecule has 166 valence electrons. The van der Waals surface area contributed by atoms with Crippen LogP contribution in [-0.2, 0) is 28.9 Å². The van der Waals surface area contributed by atoms with Gasteiger partial charge >= 0.3 is 0 Å². The highest BCUT2D eigenvalue weighted by Crippen LogP contribution is 2.41. The Morgan fingerprint density at radius 1 is 1.23 bits per heavy atom. The van der Waals surface area contributed by atoms with Gasteiger partial charge in [-0.15, -0.1) is 0 Å². The van der Waals surface area contributed by atoms with E-state index in [1.165, 1.54) is 5.56 Å². The van der Waals surface area contributed by atoms with E-state index in [0.29, 0.717) is 26.0 Å². The molecule has 0 radical (unpaired) electrons. The summed E-state index contributed by atoms with van der Waals surface area (Å²) in [5, 5.41) is 4.90. The Labute approximate surface area is 184 Å². The fourth-order valence-corrected chi connectivity index (χ4v) is 5.02. The molecule has 31 heavy (non-hydrogen) atoms. The molecular formula is C25H33N3O3. The zero-order valence-electron chi connectivity index (χ0n) is 18.9. The van der Waals surface area contributed by atoms with Gasteiger partial charge in [0.05, 0.1) is 36.1 Å². The lowest BCUT2D eigenvalue weighted by molar-refractivity contribution is -0.132. The highest BCUT2D eigenvalue weighted by molar-refractivity contribution is 6.00. The molecule has 2 aliphatic rings. The molecular weight excluding hydrogens is 390 g/mol. The van der Waals surface area contributed by atoms with Crippen LogP contribution in [0.5, 0.6) is 0 Å². The minimum Gasteiger partial charge on any atom is -0.383 e. The summed E-state index contributed by atoms with van der Waals surface area (Å²) in [4.78, 5) is 28.2. The molecule has 1 saturated heterocycles. The Balaban J connectivity index is 1.59. The number of likely N-dealkylation sites (tertiary alicyclic amines) is 1. The monoisotopic (exact) mass is 423 g/mol. The van der Waals surface area contributed by atoms with Gasteiger partial charge in [0.15, 0.2) is 5.78 Å². The summed E-state index contributed by atoms with van der Waals surface area (Å²) < 4.78 is 7.23. The van der Waals surface area contributed by atoms with Crippen LogP contribution in [0.25, 0.3) is 0 Å².